The van der Waals surface area contributed by atoms with Crippen molar-refractivity contribution in [3.63, 3.8) is 0 Å². The summed E-state index contributed by atoms with van der Waals surface area (Å²) in [6.07, 6.45) is 4.12. The van der Waals surface area contributed by atoms with Crippen molar-refractivity contribution in [1.29, 1.82) is 0 Å². The van der Waals surface area contributed by atoms with Gasteiger partial charge in [-0.25, -0.2) is 0 Å². The smallest absolute Gasteiger partial charge is 0.253 e. The van der Waals surface area contributed by atoms with Crippen molar-refractivity contribution in [1.82, 2.24) is 14.7 Å². The van der Waals surface area contributed by atoms with E-state index in [1.165, 1.54) is 25.8 Å². The number of hydrogen-bond donors (Lipinski definition) is 0. The Hall–Kier alpha value is -1.39. The maximum absolute atomic E-state index is 12.9. The third-order valence-electron chi connectivity index (χ3n) is 6.20. The molecule has 130 valence electrons. The average Bonchev–Trinajstić information content (AvgIpc) is 2.52. The molecule has 1 aliphatic carbocycles. The molecule has 4 rings (SSSR count). The van der Waals surface area contributed by atoms with Crippen molar-refractivity contribution >= 4 is 5.91 Å². The van der Waals surface area contributed by atoms with Gasteiger partial charge in [0, 0.05) is 55.9 Å². The van der Waals surface area contributed by atoms with Crippen LogP contribution in [0.15, 0.2) is 30.3 Å². The van der Waals surface area contributed by atoms with Crippen LogP contribution in [0.25, 0.3) is 0 Å². The lowest BCUT2D eigenvalue weighted by Crippen LogP contribution is -2.71. The molecule has 1 saturated carbocycles. The monoisotopic (exact) mass is 327 g/mol. The number of carbonyl (C=O) groups is 1. The number of benzene rings is 1. The van der Waals surface area contributed by atoms with Gasteiger partial charge < -0.3 is 4.90 Å². The van der Waals surface area contributed by atoms with Crippen LogP contribution < -0.4 is 0 Å². The predicted molar refractivity (Wildman–Crippen MR) is 96.1 cm³/mol. The van der Waals surface area contributed by atoms with Gasteiger partial charge in [0.05, 0.1) is 0 Å². The fraction of sp³-hybridized carbons (Fsp3) is 0.650. The maximum Gasteiger partial charge on any atom is 0.253 e. The number of rotatable bonds is 2. The van der Waals surface area contributed by atoms with Crippen molar-refractivity contribution in [2.24, 2.45) is 0 Å². The van der Waals surface area contributed by atoms with Crippen LogP contribution in [0.3, 0.4) is 0 Å². The van der Waals surface area contributed by atoms with Crippen LogP contribution in [0.5, 0.6) is 0 Å². The summed E-state index contributed by atoms with van der Waals surface area (Å²) < 4.78 is 0. The molecular weight excluding hydrogens is 298 g/mol. The second kappa shape index (κ2) is 6.16. The van der Waals surface area contributed by atoms with Crippen molar-refractivity contribution in [3.05, 3.63) is 35.9 Å². The minimum absolute atomic E-state index is 0.0546. The minimum atomic E-state index is 0.0546. The Balaban J connectivity index is 1.51. The first-order valence-electron chi connectivity index (χ1n) is 9.40. The second-order valence-corrected chi connectivity index (χ2v) is 8.29. The van der Waals surface area contributed by atoms with Crippen molar-refractivity contribution < 1.29 is 4.79 Å². The van der Waals surface area contributed by atoms with E-state index in [9.17, 15) is 4.79 Å². The molecule has 1 aromatic rings. The van der Waals surface area contributed by atoms with Gasteiger partial charge in [0.25, 0.3) is 5.91 Å². The third-order valence-corrected chi connectivity index (χ3v) is 6.20. The Morgan fingerprint density at radius 3 is 2.46 bits per heavy atom. The molecule has 1 atom stereocenters. The summed E-state index contributed by atoms with van der Waals surface area (Å²) in [6, 6.07) is 11.0. The van der Waals surface area contributed by atoms with Crippen molar-refractivity contribution in [2.45, 2.75) is 50.7 Å². The molecule has 0 spiro atoms. The molecule has 4 heteroatoms. The van der Waals surface area contributed by atoms with Crippen LogP contribution in [0.2, 0.25) is 0 Å². The van der Waals surface area contributed by atoms with E-state index in [0.717, 1.165) is 37.8 Å². The molecule has 2 heterocycles. The van der Waals surface area contributed by atoms with Gasteiger partial charge in [0.2, 0.25) is 0 Å². The number of carbonyl (C=O) groups excluding carboxylic acids is 1. The minimum Gasteiger partial charge on any atom is -0.335 e. The maximum atomic E-state index is 12.9. The normalized spacial score (nSPS) is 28.2. The van der Waals surface area contributed by atoms with Gasteiger partial charge in [-0.15, -0.1) is 0 Å². The molecule has 4 nitrogen and oxygen atoms in total. The molecule has 0 bridgehead atoms. The van der Waals surface area contributed by atoms with E-state index < -0.39 is 0 Å². The largest absolute Gasteiger partial charge is 0.335 e. The topological polar surface area (TPSA) is 26.8 Å². The molecule has 1 aromatic carbocycles. The summed E-state index contributed by atoms with van der Waals surface area (Å²) in [6.45, 7) is 9.72. The van der Waals surface area contributed by atoms with E-state index in [1.807, 2.05) is 30.3 Å². The molecule has 3 aliphatic rings. The van der Waals surface area contributed by atoms with Gasteiger partial charge >= 0.3 is 0 Å². The van der Waals surface area contributed by atoms with E-state index in [1.54, 1.807) is 0 Å². The number of piperazine rings is 2. The highest BCUT2D eigenvalue weighted by molar-refractivity contribution is 5.94. The second-order valence-electron chi connectivity index (χ2n) is 8.29. The van der Waals surface area contributed by atoms with E-state index in [4.69, 9.17) is 0 Å². The summed E-state index contributed by atoms with van der Waals surface area (Å²) in [5.41, 5.74) is 0.868. The zero-order valence-electron chi connectivity index (χ0n) is 14.9. The molecule has 0 aromatic heterocycles. The van der Waals surface area contributed by atoms with E-state index >= 15 is 0 Å². The first kappa shape index (κ1) is 16.1. The Labute approximate surface area is 145 Å². The number of fused-ring (bicyclic) bond motifs is 1. The fourth-order valence-corrected chi connectivity index (χ4v) is 4.71. The number of amides is 1. The van der Waals surface area contributed by atoms with Crippen LogP contribution in [0.1, 0.15) is 43.5 Å². The first-order chi connectivity index (χ1) is 11.5. The predicted octanol–water partition coefficient (Wildman–Crippen LogP) is 2.46. The highest BCUT2D eigenvalue weighted by atomic mass is 16.2. The lowest BCUT2D eigenvalue weighted by Gasteiger charge is -2.57. The standard InChI is InChI=1S/C20H29N3O/c1-20(2)15-22(19(24)16-7-4-3-5-8-16)14-18-13-21(11-12-23(18)20)17-9-6-10-17/h3-5,7-8,17-18H,6,9-15H2,1-2H3. The van der Waals surface area contributed by atoms with Gasteiger partial charge in [-0.3, -0.25) is 14.6 Å². The van der Waals surface area contributed by atoms with Crippen molar-refractivity contribution in [2.75, 3.05) is 32.7 Å². The number of nitrogens with zero attached hydrogens (tertiary/aromatic N) is 3. The SMILES string of the molecule is CC1(C)CN(C(=O)c2ccccc2)CC2CN(C3CCC3)CCN21. The van der Waals surface area contributed by atoms with Gasteiger partial charge in [-0.2, -0.15) is 0 Å². The summed E-state index contributed by atoms with van der Waals surface area (Å²) in [4.78, 5) is 20.4. The van der Waals surface area contributed by atoms with Crippen LogP contribution in [-0.2, 0) is 0 Å². The van der Waals surface area contributed by atoms with Crippen LogP contribution in [-0.4, -0.2) is 71.0 Å². The molecule has 24 heavy (non-hydrogen) atoms. The Kier molecular flexibility index (Phi) is 4.13. The highest BCUT2D eigenvalue weighted by Crippen LogP contribution is 2.32. The molecule has 2 saturated heterocycles. The Morgan fingerprint density at radius 2 is 1.79 bits per heavy atom. The zero-order valence-corrected chi connectivity index (χ0v) is 14.9. The average molecular weight is 327 g/mol. The summed E-state index contributed by atoms with van der Waals surface area (Å²) >= 11 is 0. The van der Waals surface area contributed by atoms with Crippen LogP contribution in [0.4, 0.5) is 0 Å². The van der Waals surface area contributed by atoms with Gasteiger partial charge in [-0.05, 0) is 38.8 Å². The highest BCUT2D eigenvalue weighted by Gasteiger charge is 2.45. The lowest BCUT2D eigenvalue weighted by molar-refractivity contribution is -0.0709. The quantitative estimate of drug-likeness (QED) is 0.835. The molecule has 0 N–H and O–H groups in total. The fourth-order valence-electron chi connectivity index (χ4n) is 4.71. The Morgan fingerprint density at radius 1 is 1.04 bits per heavy atom. The third kappa shape index (κ3) is 2.86. The number of hydrogen-bond acceptors (Lipinski definition) is 3. The van der Waals surface area contributed by atoms with E-state index in [-0.39, 0.29) is 11.4 Å². The molecule has 1 amide bonds. The molecule has 1 unspecified atom stereocenters. The van der Waals surface area contributed by atoms with Crippen LogP contribution in [0, 0.1) is 0 Å². The van der Waals surface area contributed by atoms with Gasteiger partial charge in [0.1, 0.15) is 0 Å². The lowest BCUT2D eigenvalue weighted by atomic mass is 9.88. The Bertz CT molecular complexity index is 596. The molecule has 0 radical (unpaired) electrons. The van der Waals surface area contributed by atoms with E-state index in [0.29, 0.717) is 6.04 Å². The summed E-state index contributed by atoms with van der Waals surface area (Å²) in [5.74, 6) is 0.184. The van der Waals surface area contributed by atoms with Crippen molar-refractivity contribution in [3.8, 4) is 0 Å². The summed E-state index contributed by atoms with van der Waals surface area (Å²) in [5, 5.41) is 0. The van der Waals surface area contributed by atoms with E-state index in [2.05, 4.69) is 28.5 Å². The molecular formula is C20H29N3O. The van der Waals surface area contributed by atoms with Crippen LogP contribution >= 0.6 is 0 Å². The van der Waals surface area contributed by atoms with Gasteiger partial charge in [0.15, 0.2) is 0 Å². The zero-order chi connectivity index (χ0) is 16.7. The first-order valence-corrected chi connectivity index (χ1v) is 9.40. The molecule has 2 aliphatic heterocycles. The van der Waals surface area contributed by atoms with Gasteiger partial charge in [-0.1, -0.05) is 24.6 Å². The summed E-state index contributed by atoms with van der Waals surface area (Å²) in [7, 11) is 0. The molecule has 3 fully saturated rings.